The largest absolute Gasteiger partial charge is 0.507 e. The third-order valence-corrected chi connectivity index (χ3v) is 7.08. The zero-order chi connectivity index (χ0) is 24.1. The molecule has 5 rings (SSSR count). The van der Waals surface area contributed by atoms with Gasteiger partial charge in [0.1, 0.15) is 11.6 Å². The van der Waals surface area contributed by atoms with Crippen molar-refractivity contribution < 1.29 is 19.1 Å². The summed E-state index contributed by atoms with van der Waals surface area (Å²) in [6.07, 6.45) is 0. The third-order valence-electron chi connectivity index (χ3n) is 5.82. The van der Waals surface area contributed by atoms with Gasteiger partial charge in [-0.2, -0.15) is 0 Å². The van der Waals surface area contributed by atoms with Crippen LogP contribution in [0, 0.1) is 19.7 Å². The van der Waals surface area contributed by atoms with Crippen LogP contribution < -0.4 is 4.90 Å². The minimum atomic E-state index is -0.975. The monoisotopic (exact) mass is 492 g/mol. The van der Waals surface area contributed by atoms with E-state index in [-0.39, 0.29) is 16.5 Å². The number of hydrogen-bond acceptors (Lipinski definition) is 5. The Morgan fingerprint density at radius 3 is 2.53 bits per heavy atom. The normalized spacial score (nSPS) is 17.6. The van der Waals surface area contributed by atoms with Gasteiger partial charge >= 0.3 is 5.91 Å². The van der Waals surface area contributed by atoms with Gasteiger partial charge < -0.3 is 5.11 Å². The summed E-state index contributed by atoms with van der Waals surface area (Å²) in [6.45, 7) is 3.69. The molecule has 1 fully saturated rings. The number of halogens is 2. The van der Waals surface area contributed by atoms with Crippen LogP contribution in [0.3, 0.4) is 0 Å². The molecule has 1 saturated heterocycles. The molecular formula is C26H18ClFN2O3S. The maximum atomic E-state index is 13.7. The van der Waals surface area contributed by atoms with Crippen LogP contribution in [0.2, 0.25) is 5.02 Å². The molecule has 1 aliphatic heterocycles. The Morgan fingerprint density at radius 2 is 1.79 bits per heavy atom. The van der Waals surface area contributed by atoms with E-state index in [1.165, 1.54) is 40.5 Å². The van der Waals surface area contributed by atoms with Crippen LogP contribution >= 0.6 is 22.9 Å². The number of amides is 1. The molecule has 0 bridgehead atoms. The molecule has 1 aliphatic rings. The van der Waals surface area contributed by atoms with E-state index >= 15 is 0 Å². The summed E-state index contributed by atoms with van der Waals surface area (Å²) < 4.78 is 14.5. The lowest BCUT2D eigenvalue weighted by molar-refractivity contribution is -0.132. The molecule has 5 nitrogen and oxygen atoms in total. The number of rotatable bonds is 3. The van der Waals surface area contributed by atoms with Gasteiger partial charge in [0, 0.05) is 10.6 Å². The molecule has 1 amide bonds. The molecule has 3 aromatic carbocycles. The molecule has 170 valence electrons. The van der Waals surface area contributed by atoms with E-state index in [2.05, 4.69) is 4.98 Å². The fourth-order valence-corrected chi connectivity index (χ4v) is 5.38. The smallest absolute Gasteiger partial charge is 0.301 e. The number of Topliss-reactive ketones (excluding diaryl/α,β-unsaturated/α-hetero) is 1. The van der Waals surface area contributed by atoms with E-state index < -0.39 is 23.5 Å². The van der Waals surface area contributed by atoms with Crippen LogP contribution in [0.1, 0.15) is 28.3 Å². The molecule has 1 atom stereocenters. The maximum Gasteiger partial charge on any atom is 0.301 e. The topological polar surface area (TPSA) is 70.5 Å². The van der Waals surface area contributed by atoms with Crippen molar-refractivity contribution >= 4 is 55.7 Å². The number of carbonyl (C=O) groups is 2. The number of carbonyl (C=O) groups excluding carboxylic acids is 2. The number of fused-ring (bicyclic) bond motifs is 1. The van der Waals surface area contributed by atoms with Gasteiger partial charge in [-0.05, 0) is 61.4 Å². The average Bonchev–Trinajstić information content (AvgIpc) is 3.33. The number of aryl methyl sites for hydroxylation is 2. The third kappa shape index (κ3) is 3.67. The maximum absolute atomic E-state index is 13.7. The summed E-state index contributed by atoms with van der Waals surface area (Å²) in [5, 5.41) is 12.1. The number of thiazole rings is 1. The van der Waals surface area contributed by atoms with Gasteiger partial charge in [0.15, 0.2) is 5.13 Å². The highest BCUT2D eigenvalue weighted by Gasteiger charge is 2.48. The number of benzene rings is 3. The van der Waals surface area contributed by atoms with Crippen LogP contribution in [0.5, 0.6) is 0 Å². The zero-order valence-electron chi connectivity index (χ0n) is 18.2. The van der Waals surface area contributed by atoms with E-state index in [9.17, 15) is 19.1 Å². The number of aliphatic hydroxyl groups is 1. The van der Waals surface area contributed by atoms with Crippen molar-refractivity contribution in [3.05, 3.63) is 99.3 Å². The Morgan fingerprint density at radius 1 is 1.06 bits per heavy atom. The van der Waals surface area contributed by atoms with Gasteiger partial charge in [-0.3, -0.25) is 14.5 Å². The van der Waals surface area contributed by atoms with Crippen LogP contribution in [0.25, 0.3) is 16.0 Å². The van der Waals surface area contributed by atoms with Crippen molar-refractivity contribution in [3.8, 4) is 0 Å². The molecule has 2 heterocycles. The van der Waals surface area contributed by atoms with Gasteiger partial charge in [-0.15, -0.1) is 0 Å². The van der Waals surface area contributed by atoms with Crippen molar-refractivity contribution in [2.75, 3.05) is 4.90 Å². The van der Waals surface area contributed by atoms with E-state index in [4.69, 9.17) is 11.6 Å². The van der Waals surface area contributed by atoms with Gasteiger partial charge in [-0.1, -0.05) is 52.8 Å². The molecule has 0 saturated carbocycles. The summed E-state index contributed by atoms with van der Waals surface area (Å²) >= 11 is 7.32. The van der Waals surface area contributed by atoms with Crippen LogP contribution in [-0.2, 0) is 9.59 Å². The molecule has 1 N–H and O–H groups in total. The fraction of sp³-hybridized carbons (Fsp3) is 0.115. The van der Waals surface area contributed by atoms with Gasteiger partial charge in [0.05, 0.1) is 21.8 Å². The minimum Gasteiger partial charge on any atom is -0.507 e. The molecule has 0 radical (unpaired) electrons. The number of anilines is 1. The summed E-state index contributed by atoms with van der Waals surface area (Å²) in [7, 11) is 0. The Hall–Kier alpha value is -3.55. The van der Waals surface area contributed by atoms with E-state index in [1.807, 2.05) is 26.0 Å². The van der Waals surface area contributed by atoms with E-state index in [0.717, 1.165) is 15.8 Å². The lowest BCUT2D eigenvalue weighted by atomic mass is 9.93. The Labute approximate surface area is 203 Å². The van der Waals surface area contributed by atoms with E-state index in [0.29, 0.717) is 21.7 Å². The Bertz CT molecular complexity index is 1510. The highest BCUT2D eigenvalue weighted by Crippen LogP contribution is 2.44. The summed E-state index contributed by atoms with van der Waals surface area (Å²) in [4.78, 5) is 32.4. The van der Waals surface area contributed by atoms with Gasteiger partial charge in [-0.25, -0.2) is 9.37 Å². The standard InChI is InChI=1S/C26H18ClFN2O3S/c1-13-3-4-14(2)18(11-13)23(31)21-22(15-5-8-17(28)9-6-15)30(25(33)24(21)32)26-29-19-10-7-16(27)12-20(19)34-26/h3-12,22,31H,1-2H3/b23-21+. The van der Waals surface area contributed by atoms with Crippen LogP contribution in [0.4, 0.5) is 9.52 Å². The molecule has 0 spiro atoms. The highest BCUT2D eigenvalue weighted by atomic mass is 35.5. The second-order valence-electron chi connectivity index (χ2n) is 8.15. The predicted molar refractivity (Wildman–Crippen MR) is 132 cm³/mol. The first-order valence-corrected chi connectivity index (χ1v) is 11.6. The molecular weight excluding hydrogens is 475 g/mol. The first-order valence-electron chi connectivity index (χ1n) is 10.4. The second-order valence-corrected chi connectivity index (χ2v) is 9.59. The fourth-order valence-electron chi connectivity index (χ4n) is 4.12. The van der Waals surface area contributed by atoms with Crippen molar-refractivity contribution in [1.29, 1.82) is 0 Å². The molecule has 34 heavy (non-hydrogen) atoms. The first-order chi connectivity index (χ1) is 16.2. The van der Waals surface area contributed by atoms with Gasteiger partial charge in [0.25, 0.3) is 5.78 Å². The molecule has 1 unspecified atom stereocenters. The molecule has 0 aliphatic carbocycles. The van der Waals surface area contributed by atoms with Crippen molar-refractivity contribution in [3.63, 3.8) is 0 Å². The second kappa shape index (κ2) is 8.34. The lowest BCUT2D eigenvalue weighted by Gasteiger charge is -2.23. The van der Waals surface area contributed by atoms with Crippen molar-refractivity contribution in [2.24, 2.45) is 0 Å². The summed E-state index contributed by atoms with van der Waals surface area (Å²) in [5.41, 5.74) is 3.14. The number of nitrogens with zero attached hydrogens (tertiary/aromatic N) is 2. The number of ketones is 1. The lowest BCUT2D eigenvalue weighted by Crippen LogP contribution is -2.29. The number of aliphatic hydroxyl groups excluding tert-OH is 1. The molecule has 8 heteroatoms. The Kier molecular flexibility index (Phi) is 5.46. The summed E-state index contributed by atoms with van der Waals surface area (Å²) in [6, 6.07) is 15.2. The highest BCUT2D eigenvalue weighted by molar-refractivity contribution is 7.22. The van der Waals surface area contributed by atoms with Crippen LogP contribution in [-0.4, -0.2) is 21.8 Å². The first kappa shape index (κ1) is 22.3. The number of hydrogen-bond donors (Lipinski definition) is 1. The molecule has 4 aromatic rings. The summed E-state index contributed by atoms with van der Waals surface area (Å²) in [5.74, 6) is -2.37. The number of aromatic nitrogens is 1. The van der Waals surface area contributed by atoms with Crippen LogP contribution in [0.15, 0.2) is 66.2 Å². The van der Waals surface area contributed by atoms with Crippen molar-refractivity contribution in [2.45, 2.75) is 19.9 Å². The SMILES string of the molecule is Cc1ccc(C)c(/C(O)=C2\C(=O)C(=O)N(c3nc4ccc(Cl)cc4s3)C2c2ccc(F)cc2)c1. The predicted octanol–water partition coefficient (Wildman–Crippen LogP) is 6.33. The molecule has 1 aromatic heterocycles. The quantitative estimate of drug-likeness (QED) is 0.206. The average molecular weight is 493 g/mol. The van der Waals surface area contributed by atoms with E-state index in [1.54, 1.807) is 24.3 Å². The van der Waals surface area contributed by atoms with Crippen molar-refractivity contribution in [1.82, 2.24) is 4.98 Å². The minimum absolute atomic E-state index is 0.0670. The zero-order valence-corrected chi connectivity index (χ0v) is 19.7. The van der Waals surface area contributed by atoms with Gasteiger partial charge in [0.2, 0.25) is 0 Å². The Balaban J connectivity index is 1.76.